The van der Waals surface area contributed by atoms with Crippen molar-refractivity contribution < 1.29 is 23.6 Å². The van der Waals surface area contributed by atoms with E-state index in [-0.39, 0.29) is 39.2 Å². The van der Waals surface area contributed by atoms with E-state index in [2.05, 4.69) is 72.3 Å². The van der Waals surface area contributed by atoms with Crippen LogP contribution in [-0.2, 0) is 20.7 Å². The first-order valence-electron chi connectivity index (χ1n) is 18.8. The van der Waals surface area contributed by atoms with Gasteiger partial charge in [-0.2, -0.15) is 9.59 Å². The average Bonchev–Trinajstić information content (AvgIpc) is 3.70. The topological polar surface area (TPSA) is 86.5 Å². The first-order chi connectivity index (χ1) is 23.2. The summed E-state index contributed by atoms with van der Waals surface area (Å²) in [6.45, 7) is 22.5. The number of nitrogens with zero attached hydrogens (tertiary/aromatic N) is 1. The fourth-order valence-electron chi connectivity index (χ4n) is 13.0. The van der Waals surface area contributed by atoms with Crippen LogP contribution >= 0.6 is 0 Å². The lowest BCUT2D eigenvalue weighted by atomic mass is 9.32. The highest BCUT2D eigenvalue weighted by Crippen LogP contribution is 2.77. The molecule has 4 saturated carbocycles. The van der Waals surface area contributed by atoms with Crippen LogP contribution in [0.1, 0.15) is 128 Å². The molecule has 0 N–H and O–H groups in total. The largest absolute Gasteiger partial charge is 0.461 e. The Labute approximate surface area is 293 Å². The van der Waals surface area contributed by atoms with Gasteiger partial charge in [0.1, 0.15) is 0 Å². The van der Waals surface area contributed by atoms with Crippen molar-refractivity contribution in [3.8, 4) is 0 Å². The maximum Gasteiger partial charge on any atom is 0.373 e. The number of carbonyl (C=O) groups is 1. The molecule has 49 heavy (non-hydrogen) atoms. The molecular formula is C43H57NO5. The molecule has 1 unspecified atom stereocenters. The summed E-state index contributed by atoms with van der Waals surface area (Å²) in [5.74, 6) is 3.79. The molecule has 5 aliphatic rings. The molecule has 0 amide bonds. The number of aryl methyl sites for hydroxylation is 1. The minimum absolute atomic E-state index is 0.0392. The first-order valence-corrected chi connectivity index (χ1v) is 18.8. The Kier molecular flexibility index (Phi) is 9.31. The normalized spacial score (nSPS) is 38.6. The monoisotopic (exact) mass is 667 g/mol. The Morgan fingerprint density at radius 3 is 2.33 bits per heavy atom. The second-order valence-corrected chi connectivity index (χ2v) is 17.7. The Morgan fingerprint density at radius 1 is 0.959 bits per heavy atom. The molecule has 7 rings (SSSR count). The number of hydrogen-bond acceptors (Lipinski definition) is 6. The van der Waals surface area contributed by atoms with Gasteiger partial charge in [0.2, 0.25) is 0 Å². The maximum absolute atomic E-state index is 13.2. The van der Waals surface area contributed by atoms with Gasteiger partial charge in [-0.1, -0.05) is 83.1 Å². The molecule has 2 aromatic rings. The molecule has 0 spiro atoms. The molecule has 1 heterocycles. The second-order valence-electron chi connectivity index (χ2n) is 17.7. The molecule has 0 bridgehead atoms. The molecule has 1 aromatic heterocycles. The lowest BCUT2D eigenvalue weighted by Gasteiger charge is -2.72. The lowest BCUT2D eigenvalue weighted by molar-refractivity contribution is -0.228. The maximum atomic E-state index is 13.2. The highest BCUT2D eigenvalue weighted by Gasteiger charge is 2.70. The van der Waals surface area contributed by atoms with Gasteiger partial charge in [0, 0.05) is 11.5 Å². The minimum atomic E-state index is -0.175. The zero-order valence-electron chi connectivity index (χ0n) is 30.9. The van der Waals surface area contributed by atoms with E-state index in [9.17, 15) is 4.79 Å². The predicted molar refractivity (Wildman–Crippen MR) is 190 cm³/mol. The summed E-state index contributed by atoms with van der Waals surface area (Å²) < 4.78 is 12.2. The van der Waals surface area contributed by atoms with Gasteiger partial charge in [0.25, 0.3) is 0 Å². The Balaban J connectivity index is 0.00000134. The first kappa shape index (κ1) is 35.6. The van der Waals surface area contributed by atoms with Crippen LogP contribution in [0.4, 0.5) is 0 Å². The smallest absolute Gasteiger partial charge is 0.373 e. The summed E-state index contributed by atoms with van der Waals surface area (Å²) in [5.41, 5.74) is 5.29. The van der Waals surface area contributed by atoms with Gasteiger partial charge in [-0.15, -0.1) is 0 Å². The lowest BCUT2D eigenvalue weighted by Crippen LogP contribution is -2.65. The number of fused-ring (bicyclic) bond motifs is 7. The van der Waals surface area contributed by atoms with Crippen molar-refractivity contribution in [2.24, 2.45) is 56.7 Å². The number of allylic oxidation sites excluding steroid dienone is 3. The van der Waals surface area contributed by atoms with Crippen LogP contribution in [0.2, 0.25) is 0 Å². The molecule has 6 nitrogen and oxygen atoms in total. The Morgan fingerprint density at radius 2 is 1.67 bits per heavy atom. The van der Waals surface area contributed by atoms with E-state index in [1.807, 2.05) is 30.3 Å². The van der Waals surface area contributed by atoms with Crippen LogP contribution in [0.3, 0.4) is 0 Å². The van der Waals surface area contributed by atoms with E-state index in [0.29, 0.717) is 41.8 Å². The summed E-state index contributed by atoms with van der Waals surface area (Å²) in [5, 5.41) is 4.37. The summed E-state index contributed by atoms with van der Waals surface area (Å²) in [4.78, 5) is 29.4. The third kappa shape index (κ3) is 5.43. The van der Waals surface area contributed by atoms with Gasteiger partial charge in [-0.3, -0.25) is 0 Å². The number of esters is 1. The molecule has 0 radical (unpaired) electrons. The molecule has 1 aromatic carbocycles. The van der Waals surface area contributed by atoms with Gasteiger partial charge in [-0.05, 0) is 140 Å². The third-order valence-electron chi connectivity index (χ3n) is 15.5. The van der Waals surface area contributed by atoms with Crippen LogP contribution in [0.5, 0.6) is 0 Å². The van der Waals surface area contributed by atoms with Crippen molar-refractivity contribution in [2.45, 2.75) is 113 Å². The van der Waals surface area contributed by atoms with E-state index < -0.39 is 0 Å². The van der Waals surface area contributed by atoms with Gasteiger partial charge in [0.15, 0.2) is 5.76 Å². The zero-order chi connectivity index (χ0) is 35.4. The van der Waals surface area contributed by atoms with Crippen LogP contribution in [0.15, 0.2) is 59.1 Å². The molecule has 0 aliphatic heterocycles. The van der Waals surface area contributed by atoms with E-state index >= 15 is 0 Å². The molecule has 4 fully saturated rings. The number of rotatable bonds is 6. The Hall–Kier alpha value is -3.24. The van der Waals surface area contributed by atoms with Crippen molar-refractivity contribution in [1.82, 2.24) is 5.16 Å². The van der Waals surface area contributed by atoms with Crippen molar-refractivity contribution in [3.05, 3.63) is 71.6 Å². The fraction of sp³-hybridized carbons (Fsp3) is 0.651. The second kappa shape index (κ2) is 12.8. The van der Waals surface area contributed by atoms with E-state index in [1.165, 1.54) is 49.7 Å². The van der Waals surface area contributed by atoms with Crippen molar-refractivity contribution >= 4 is 17.7 Å². The van der Waals surface area contributed by atoms with E-state index in [1.54, 1.807) is 0 Å². The quantitative estimate of drug-likeness (QED) is 0.225. The fourth-order valence-corrected chi connectivity index (χ4v) is 13.0. The van der Waals surface area contributed by atoms with Crippen LogP contribution in [-0.4, -0.2) is 23.9 Å². The van der Waals surface area contributed by atoms with Crippen LogP contribution < -0.4 is 0 Å². The SMILES string of the molecule is C=C(C)[C@@H]1CC[C@]2(COC(=O)c3ccccc3)CC[C@]3(C)C(CC[C@@H]4[C@@]5(C)CC=C(c6cc(CC)no6)C(C)(C)[C@@H]5CC[C@]43C)[C@@H]12.O=C=O. The van der Waals surface area contributed by atoms with Crippen molar-refractivity contribution in [2.75, 3.05) is 6.61 Å². The highest BCUT2D eigenvalue weighted by molar-refractivity contribution is 5.89. The van der Waals surface area contributed by atoms with Crippen molar-refractivity contribution in [3.63, 3.8) is 0 Å². The molecule has 9 atom stereocenters. The van der Waals surface area contributed by atoms with Gasteiger partial charge >= 0.3 is 12.1 Å². The summed E-state index contributed by atoms with van der Waals surface area (Å²) in [6.07, 6.45) is 14.7. The van der Waals surface area contributed by atoms with Crippen LogP contribution in [0, 0.1) is 56.7 Å². The summed E-state index contributed by atoms with van der Waals surface area (Å²) >= 11 is 0. The van der Waals surface area contributed by atoms with Gasteiger partial charge in [-0.25, -0.2) is 4.79 Å². The molecule has 6 heteroatoms. The summed E-state index contributed by atoms with van der Waals surface area (Å²) in [6, 6.07) is 11.7. The number of benzene rings is 1. The molecule has 0 saturated heterocycles. The number of ether oxygens (including phenoxy) is 1. The molecule has 5 aliphatic carbocycles. The van der Waals surface area contributed by atoms with Gasteiger partial charge < -0.3 is 9.26 Å². The third-order valence-corrected chi connectivity index (χ3v) is 15.5. The van der Waals surface area contributed by atoms with Crippen molar-refractivity contribution in [1.29, 1.82) is 0 Å². The summed E-state index contributed by atoms with van der Waals surface area (Å²) in [7, 11) is 0. The average molecular weight is 668 g/mol. The van der Waals surface area contributed by atoms with E-state index in [0.717, 1.165) is 37.1 Å². The van der Waals surface area contributed by atoms with Crippen LogP contribution in [0.25, 0.3) is 5.57 Å². The molecular weight excluding hydrogens is 610 g/mol. The highest BCUT2D eigenvalue weighted by atomic mass is 16.5. The number of hydrogen-bond donors (Lipinski definition) is 0. The number of carbonyl (C=O) groups excluding carboxylic acids is 3. The molecule has 264 valence electrons. The predicted octanol–water partition coefficient (Wildman–Crippen LogP) is 10.2. The van der Waals surface area contributed by atoms with E-state index in [4.69, 9.17) is 18.8 Å². The zero-order valence-corrected chi connectivity index (χ0v) is 30.9. The number of aromatic nitrogens is 1. The van der Waals surface area contributed by atoms with Gasteiger partial charge in [0.05, 0.1) is 17.9 Å². The standard InChI is InChI=1S/C42H57NO3.CO2/c1-9-29-25-33(46-43-29)31-18-20-39(6)34(38(31,4)5)19-21-41(8)35(39)16-15-32-36-30(27(2)3)17-22-42(36,24-23-40(32,41)7)26-45-37(44)28-13-11-10-12-14-28;2-1-3/h10-14,18,25,30,32,34-36H,2,9,15-17,19-24,26H2,1,3-8H3;/t30-,32?,34-,35+,36+,39-,40+,41+,42+;/m0./s1. The minimum Gasteiger partial charge on any atom is -0.461 e. The Bertz CT molecular complexity index is 1630.